The van der Waals surface area contributed by atoms with E-state index in [1.807, 2.05) is 38.1 Å². The summed E-state index contributed by atoms with van der Waals surface area (Å²) in [7, 11) is 0. The first-order chi connectivity index (χ1) is 10.6. The normalized spacial score (nSPS) is 10.9. The molecule has 0 aliphatic heterocycles. The van der Waals surface area contributed by atoms with Gasteiger partial charge < -0.3 is 13.7 Å². The van der Waals surface area contributed by atoms with Gasteiger partial charge in [0, 0.05) is 5.69 Å². The fraction of sp³-hybridized carbons (Fsp3) is 0.263. The Morgan fingerprint density at radius 2 is 1.18 bits per heavy atom. The molecule has 0 N–H and O–H groups in total. The Labute approximate surface area is 131 Å². The van der Waals surface area contributed by atoms with Crippen LogP contribution in [0.15, 0.2) is 57.4 Å². The second-order valence-corrected chi connectivity index (χ2v) is 5.72. The topological polar surface area (TPSA) is 29.5 Å². The minimum Gasteiger partial charge on any atom is -0.464 e. The van der Waals surface area contributed by atoms with Gasteiger partial charge in [-0.2, -0.15) is 0 Å². The largest absolute Gasteiger partial charge is 0.464 e. The van der Waals surface area contributed by atoms with E-state index in [1.54, 1.807) is 0 Å². The van der Waals surface area contributed by atoms with Crippen molar-refractivity contribution in [2.24, 2.45) is 0 Å². The number of rotatable bonds is 5. The molecule has 2 heterocycles. The highest BCUT2D eigenvalue weighted by molar-refractivity contribution is 5.48. The van der Waals surface area contributed by atoms with Crippen LogP contribution in [0.1, 0.15) is 28.6 Å². The van der Waals surface area contributed by atoms with Crippen LogP contribution in [0.3, 0.4) is 0 Å². The molecule has 3 heteroatoms. The second-order valence-electron chi connectivity index (χ2n) is 5.72. The van der Waals surface area contributed by atoms with Crippen LogP contribution in [-0.2, 0) is 13.1 Å². The van der Waals surface area contributed by atoms with Crippen LogP contribution in [-0.4, -0.2) is 0 Å². The van der Waals surface area contributed by atoms with Crippen molar-refractivity contribution in [1.82, 2.24) is 0 Å². The van der Waals surface area contributed by atoms with Gasteiger partial charge in [-0.3, -0.25) is 0 Å². The van der Waals surface area contributed by atoms with Gasteiger partial charge in [-0.25, -0.2) is 0 Å². The van der Waals surface area contributed by atoms with Crippen LogP contribution in [0, 0.1) is 20.8 Å². The fourth-order valence-corrected chi connectivity index (χ4v) is 2.51. The average Bonchev–Trinajstić information content (AvgIpc) is 3.08. The number of aryl methyl sites for hydroxylation is 3. The van der Waals surface area contributed by atoms with Crippen molar-refractivity contribution in [2.75, 3.05) is 4.90 Å². The minimum atomic E-state index is 0.719. The molecule has 3 rings (SSSR count). The molecule has 3 nitrogen and oxygen atoms in total. The van der Waals surface area contributed by atoms with Crippen LogP contribution in [0.2, 0.25) is 0 Å². The lowest BCUT2D eigenvalue weighted by molar-refractivity contribution is 0.455. The van der Waals surface area contributed by atoms with Crippen molar-refractivity contribution in [3.05, 3.63) is 77.1 Å². The van der Waals surface area contributed by atoms with Crippen LogP contribution >= 0.6 is 0 Å². The summed E-state index contributed by atoms with van der Waals surface area (Å²) in [5.74, 6) is 3.79. The molecular weight excluding hydrogens is 274 g/mol. The summed E-state index contributed by atoms with van der Waals surface area (Å²) in [6.45, 7) is 7.47. The standard InChI is InChI=1S/C19H21NO2/c1-14-4-8-17(9-5-14)20(12-18-10-6-15(2)21-18)13-19-11-7-16(3)22-19/h4-11H,12-13H2,1-3H3. The average molecular weight is 295 g/mol. The van der Waals surface area contributed by atoms with Crippen molar-refractivity contribution in [2.45, 2.75) is 33.9 Å². The Kier molecular flexibility index (Phi) is 4.05. The van der Waals surface area contributed by atoms with Crippen LogP contribution < -0.4 is 4.90 Å². The molecule has 0 saturated heterocycles. The van der Waals surface area contributed by atoms with Crippen molar-refractivity contribution in [1.29, 1.82) is 0 Å². The first kappa shape index (κ1) is 14.5. The second kappa shape index (κ2) is 6.14. The summed E-state index contributed by atoms with van der Waals surface area (Å²) >= 11 is 0. The first-order valence-corrected chi connectivity index (χ1v) is 7.52. The summed E-state index contributed by atoms with van der Waals surface area (Å²) in [4.78, 5) is 2.26. The third-order valence-corrected chi connectivity index (χ3v) is 3.68. The molecule has 0 atom stereocenters. The molecule has 1 aromatic carbocycles. The maximum absolute atomic E-state index is 5.73. The highest BCUT2D eigenvalue weighted by Crippen LogP contribution is 2.22. The molecule has 0 spiro atoms. The Morgan fingerprint density at radius 3 is 1.59 bits per heavy atom. The lowest BCUT2D eigenvalue weighted by Crippen LogP contribution is -2.21. The van der Waals surface area contributed by atoms with E-state index < -0.39 is 0 Å². The zero-order chi connectivity index (χ0) is 15.5. The molecule has 22 heavy (non-hydrogen) atoms. The van der Waals surface area contributed by atoms with Gasteiger partial charge in [0.1, 0.15) is 23.0 Å². The van der Waals surface area contributed by atoms with Gasteiger partial charge in [-0.1, -0.05) is 17.7 Å². The van der Waals surface area contributed by atoms with Gasteiger partial charge in [0.25, 0.3) is 0 Å². The summed E-state index contributed by atoms with van der Waals surface area (Å²) in [6, 6.07) is 16.6. The summed E-state index contributed by atoms with van der Waals surface area (Å²) in [5, 5.41) is 0. The van der Waals surface area contributed by atoms with Crippen LogP contribution in [0.25, 0.3) is 0 Å². The van der Waals surface area contributed by atoms with Gasteiger partial charge in [0.15, 0.2) is 0 Å². The summed E-state index contributed by atoms with van der Waals surface area (Å²) in [6.07, 6.45) is 0. The molecule has 0 aliphatic carbocycles. The zero-order valence-electron chi connectivity index (χ0n) is 13.3. The predicted octanol–water partition coefficient (Wildman–Crippen LogP) is 5.00. The van der Waals surface area contributed by atoms with Crippen LogP contribution in [0.4, 0.5) is 5.69 Å². The van der Waals surface area contributed by atoms with Gasteiger partial charge in [0.05, 0.1) is 13.1 Å². The third-order valence-electron chi connectivity index (χ3n) is 3.68. The van der Waals surface area contributed by atoms with Gasteiger partial charge >= 0.3 is 0 Å². The van der Waals surface area contributed by atoms with Crippen molar-refractivity contribution < 1.29 is 8.83 Å². The number of anilines is 1. The smallest absolute Gasteiger partial charge is 0.123 e. The maximum Gasteiger partial charge on any atom is 0.123 e. The monoisotopic (exact) mass is 295 g/mol. The maximum atomic E-state index is 5.73. The molecule has 0 saturated carbocycles. The fourth-order valence-electron chi connectivity index (χ4n) is 2.51. The molecule has 3 aromatic rings. The van der Waals surface area contributed by atoms with Gasteiger partial charge in [0.2, 0.25) is 0 Å². The van der Waals surface area contributed by atoms with E-state index in [1.165, 1.54) is 5.56 Å². The third kappa shape index (κ3) is 3.42. The molecule has 0 amide bonds. The molecule has 114 valence electrons. The Morgan fingerprint density at radius 1 is 0.682 bits per heavy atom. The molecule has 0 aliphatic rings. The highest BCUT2D eigenvalue weighted by Gasteiger charge is 2.12. The minimum absolute atomic E-state index is 0.719. The summed E-state index contributed by atoms with van der Waals surface area (Å²) < 4.78 is 11.5. The number of furan rings is 2. The van der Waals surface area contributed by atoms with Gasteiger partial charge in [-0.05, 0) is 57.2 Å². The zero-order valence-corrected chi connectivity index (χ0v) is 13.3. The van der Waals surface area contributed by atoms with E-state index in [4.69, 9.17) is 8.83 Å². The molecule has 2 aromatic heterocycles. The molecule has 0 radical (unpaired) electrons. The first-order valence-electron chi connectivity index (χ1n) is 7.52. The Balaban J connectivity index is 1.85. The van der Waals surface area contributed by atoms with Crippen molar-refractivity contribution in [3.8, 4) is 0 Å². The SMILES string of the molecule is Cc1ccc(N(Cc2ccc(C)o2)Cc2ccc(C)o2)cc1. The number of nitrogens with zero attached hydrogens (tertiary/aromatic N) is 1. The molecule has 0 unspecified atom stereocenters. The molecule has 0 bridgehead atoms. The lowest BCUT2D eigenvalue weighted by Gasteiger charge is -2.23. The van der Waals surface area contributed by atoms with E-state index in [-0.39, 0.29) is 0 Å². The van der Waals surface area contributed by atoms with Gasteiger partial charge in [-0.15, -0.1) is 0 Å². The number of hydrogen-bond acceptors (Lipinski definition) is 3. The highest BCUT2D eigenvalue weighted by atomic mass is 16.3. The predicted molar refractivity (Wildman–Crippen MR) is 88.0 cm³/mol. The van der Waals surface area contributed by atoms with Crippen molar-refractivity contribution in [3.63, 3.8) is 0 Å². The summed E-state index contributed by atoms with van der Waals surface area (Å²) in [5.41, 5.74) is 2.42. The van der Waals surface area contributed by atoms with Crippen molar-refractivity contribution >= 4 is 5.69 Å². The molecular formula is C19H21NO2. The lowest BCUT2D eigenvalue weighted by atomic mass is 10.2. The van der Waals surface area contributed by atoms with E-state index in [0.717, 1.165) is 41.8 Å². The Bertz CT molecular complexity index is 695. The van der Waals surface area contributed by atoms with E-state index in [2.05, 4.69) is 36.1 Å². The van der Waals surface area contributed by atoms with E-state index in [0.29, 0.717) is 0 Å². The van der Waals surface area contributed by atoms with E-state index in [9.17, 15) is 0 Å². The Hall–Kier alpha value is -2.42. The van der Waals surface area contributed by atoms with E-state index >= 15 is 0 Å². The molecule has 0 fully saturated rings. The van der Waals surface area contributed by atoms with Crippen LogP contribution in [0.5, 0.6) is 0 Å². The quantitative estimate of drug-likeness (QED) is 0.663. The number of benzene rings is 1. The number of hydrogen-bond donors (Lipinski definition) is 0.